The van der Waals surface area contributed by atoms with E-state index in [0.29, 0.717) is 47.0 Å². The number of carbonyl (C=O) groups excluding carboxylic acids is 1. The molecule has 26 heavy (non-hydrogen) atoms. The van der Waals surface area contributed by atoms with Crippen LogP contribution >= 0.6 is 11.6 Å². The van der Waals surface area contributed by atoms with E-state index in [-0.39, 0.29) is 5.91 Å². The van der Waals surface area contributed by atoms with Crippen LogP contribution in [0.1, 0.15) is 22.2 Å². The summed E-state index contributed by atoms with van der Waals surface area (Å²) in [5.74, 6) is 1.78. The van der Waals surface area contributed by atoms with Crippen LogP contribution in [0.25, 0.3) is 0 Å². The van der Waals surface area contributed by atoms with Crippen LogP contribution in [0, 0.1) is 6.92 Å². The van der Waals surface area contributed by atoms with E-state index in [9.17, 15) is 4.79 Å². The van der Waals surface area contributed by atoms with Crippen molar-refractivity contribution in [2.75, 3.05) is 13.6 Å². The van der Waals surface area contributed by atoms with E-state index in [1.54, 1.807) is 61.3 Å². The summed E-state index contributed by atoms with van der Waals surface area (Å²) in [6, 6.07) is 12.0. The number of pyridine rings is 1. The minimum Gasteiger partial charge on any atom is -0.439 e. The number of halogens is 1. The zero-order chi connectivity index (χ0) is 18.5. The summed E-state index contributed by atoms with van der Waals surface area (Å²) in [7, 11) is 1.70. The molecule has 0 spiro atoms. The maximum atomic E-state index is 12.5. The van der Waals surface area contributed by atoms with Gasteiger partial charge in [-0.1, -0.05) is 22.8 Å². The topological polar surface area (TPSA) is 81.4 Å². The molecule has 3 rings (SSSR count). The lowest BCUT2D eigenvalue weighted by Gasteiger charge is -2.16. The van der Waals surface area contributed by atoms with E-state index in [4.69, 9.17) is 20.9 Å². The fraction of sp³-hybridized carbons (Fsp3) is 0.222. The van der Waals surface area contributed by atoms with Crippen molar-refractivity contribution in [3.05, 3.63) is 64.9 Å². The van der Waals surface area contributed by atoms with Gasteiger partial charge in [0.2, 0.25) is 11.8 Å². The van der Waals surface area contributed by atoms with Crippen molar-refractivity contribution in [3.8, 4) is 11.6 Å². The Morgan fingerprint density at radius 1 is 1.19 bits per heavy atom. The number of ether oxygens (including phenoxy) is 1. The maximum absolute atomic E-state index is 12.5. The quantitative estimate of drug-likeness (QED) is 0.658. The molecule has 0 saturated carbocycles. The van der Waals surface area contributed by atoms with Gasteiger partial charge in [-0.15, -0.1) is 0 Å². The van der Waals surface area contributed by atoms with Gasteiger partial charge in [0.1, 0.15) is 11.4 Å². The molecule has 0 N–H and O–H groups in total. The minimum absolute atomic E-state index is 0.216. The molecule has 0 aliphatic carbocycles. The largest absolute Gasteiger partial charge is 0.439 e. The highest BCUT2D eigenvalue weighted by atomic mass is 35.5. The smallest absolute Gasteiger partial charge is 0.272 e. The zero-order valence-electron chi connectivity index (χ0n) is 14.3. The molecule has 8 heteroatoms. The van der Waals surface area contributed by atoms with Crippen LogP contribution in [0.5, 0.6) is 11.6 Å². The molecule has 0 radical (unpaired) electrons. The molecule has 1 amide bonds. The van der Waals surface area contributed by atoms with Crippen LogP contribution in [0.15, 0.2) is 47.0 Å². The minimum atomic E-state index is -0.216. The zero-order valence-corrected chi connectivity index (χ0v) is 15.1. The third-order valence-corrected chi connectivity index (χ3v) is 3.82. The third-order valence-electron chi connectivity index (χ3n) is 3.57. The summed E-state index contributed by atoms with van der Waals surface area (Å²) in [5, 5.41) is 4.44. The Labute approximate surface area is 155 Å². The van der Waals surface area contributed by atoms with Gasteiger partial charge in [0.15, 0.2) is 5.82 Å². The summed E-state index contributed by atoms with van der Waals surface area (Å²) in [4.78, 5) is 22.5. The van der Waals surface area contributed by atoms with Crippen molar-refractivity contribution in [1.82, 2.24) is 20.0 Å². The third kappa shape index (κ3) is 4.58. The van der Waals surface area contributed by atoms with Crippen molar-refractivity contribution in [3.63, 3.8) is 0 Å². The van der Waals surface area contributed by atoms with Crippen LogP contribution in [-0.4, -0.2) is 39.5 Å². The number of hydrogen-bond donors (Lipinski definition) is 0. The average molecular weight is 373 g/mol. The van der Waals surface area contributed by atoms with Gasteiger partial charge in [-0.05, 0) is 30.3 Å². The molecule has 0 aliphatic heterocycles. The number of amides is 1. The second-order valence-corrected chi connectivity index (χ2v) is 6.06. The van der Waals surface area contributed by atoms with E-state index in [1.807, 2.05) is 0 Å². The van der Waals surface area contributed by atoms with E-state index in [0.717, 1.165) is 0 Å². The number of hydrogen-bond acceptors (Lipinski definition) is 6. The van der Waals surface area contributed by atoms with E-state index >= 15 is 0 Å². The summed E-state index contributed by atoms with van der Waals surface area (Å²) < 4.78 is 10.6. The molecule has 0 bridgehead atoms. The van der Waals surface area contributed by atoms with Crippen LogP contribution in [0.4, 0.5) is 0 Å². The van der Waals surface area contributed by atoms with Gasteiger partial charge in [0, 0.05) is 38.0 Å². The van der Waals surface area contributed by atoms with Crippen molar-refractivity contribution in [2.45, 2.75) is 13.3 Å². The van der Waals surface area contributed by atoms with Gasteiger partial charge in [0.25, 0.3) is 5.91 Å². The van der Waals surface area contributed by atoms with Crippen molar-refractivity contribution in [1.29, 1.82) is 0 Å². The summed E-state index contributed by atoms with van der Waals surface area (Å²) in [5.41, 5.74) is 0.295. The van der Waals surface area contributed by atoms with Gasteiger partial charge in [-0.3, -0.25) is 4.79 Å². The monoisotopic (exact) mass is 372 g/mol. The number of rotatable bonds is 6. The standard InChI is InChI=1S/C18H17ClN4O3/c1-12-20-16(22-26-12)10-11-23(2)18(24)15-4-3-5-17(21-15)25-14-8-6-13(19)7-9-14/h3-9H,10-11H2,1-2H3. The molecule has 1 aromatic carbocycles. The molecular formula is C18H17ClN4O3. The number of benzene rings is 1. The molecule has 0 atom stereocenters. The number of likely N-dealkylation sites (N-methyl/N-ethyl adjacent to an activating group) is 1. The number of carbonyl (C=O) groups is 1. The van der Waals surface area contributed by atoms with Crippen molar-refractivity contribution in [2.24, 2.45) is 0 Å². The predicted molar refractivity (Wildman–Crippen MR) is 95.5 cm³/mol. The Kier molecular flexibility index (Phi) is 5.48. The highest BCUT2D eigenvalue weighted by Crippen LogP contribution is 2.21. The Hall–Kier alpha value is -2.93. The Morgan fingerprint density at radius 2 is 1.96 bits per heavy atom. The molecule has 2 aromatic heterocycles. The number of aromatic nitrogens is 3. The van der Waals surface area contributed by atoms with Crippen LogP contribution in [0.2, 0.25) is 5.02 Å². The van der Waals surface area contributed by atoms with Crippen LogP contribution < -0.4 is 4.74 Å². The summed E-state index contributed by atoms with van der Waals surface area (Å²) >= 11 is 5.86. The fourth-order valence-corrected chi connectivity index (χ4v) is 2.35. The lowest BCUT2D eigenvalue weighted by molar-refractivity contribution is 0.0789. The first kappa shape index (κ1) is 17.9. The summed E-state index contributed by atoms with van der Waals surface area (Å²) in [6.07, 6.45) is 0.501. The van der Waals surface area contributed by atoms with Gasteiger partial charge < -0.3 is 14.2 Å². The van der Waals surface area contributed by atoms with Crippen molar-refractivity contribution >= 4 is 17.5 Å². The molecule has 134 valence electrons. The second kappa shape index (κ2) is 7.97. The van der Waals surface area contributed by atoms with E-state index in [2.05, 4.69) is 15.1 Å². The van der Waals surface area contributed by atoms with Gasteiger partial charge in [-0.2, -0.15) is 4.98 Å². The van der Waals surface area contributed by atoms with Gasteiger partial charge >= 0.3 is 0 Å². The first-order valence-corrected chi connectivity index (χ1v) is 8.34. The molecule has 0 aliphatic rings. The highest BCUT2D eigenvalue weighted by molar-refractivity contribution is 6.30. The molecular weight excluding hydrogens is 356 g/mol. The molecule has 7 nitrogen and oxygen atoms in total. The lowest BCUT2D eigenvalue weighted by Crippen LogP contribution is -2.29. The Bertz CT molecular complexity index is 895. The Balaban J connectivity index is 1.64. The van der Waals surface area contributed by atoms with Crippen LogP contribution in [-0.2, 0) is 6.42 Å². The molecule has 0 fully saturated rings. The molecule has 0 saturated heterocycles. The van der Waals surface area contributed by atoms with E-state index < -0.39 is 0 Å². The normalized spacial score (nSPS) is 10.6. The van der Waals surface area contributed by atoms with Gasteiger partial charge in [0.05, 0.1) is 0 Å². The molecule has 3 aromatic rings. The average Bonchev–Trinajstić information content (AvgIpc) is 3.06. The first-order valence-electron chi connectivity index (χ1n) is 7.96. The number of nitrogens with zero attached hydrogens (tertiary/aromatic N) is 4. The molecule has 2 heterocycles. The van der Waals surface area contributed by atoms with Crippen molar-refractivity contribution < 1.29 is 14.1 Å². The SMILES string of the molecule is Cc1nc(CCN(C)C(=O)c2cccc(Oc3ccc(Cl)cc3)n2)no1. The summed E-state index contributed by atoms with van der Waals surface area (Å²) in [6.45, 7) is 2.17. The highest BCUT2D eigenvalue weighted by Gasteiger charge is 2.15. The molecule has 0 unspecified atom stereocenters. The Morgan fingerprint density at radius 3 is 2.65 bits per heavy atom. The fourth-order valence-electron chi connectivity index (χ4n) is 2.22. The maximum Gasteiger partial charge on any atom is 0.272 e. The van der Waals surface area contributed by atoms with Crippen LogP contribution in [0.3, 0.4) is 0 Å². The van der Waals surface area contributed by atoms with Gasteiger partial charge in [-0.25, -0.2) is 4.98 Å². The predicted octanol–water partition coefficient (Wildman–Crippen LogP) is 3.53. The first-order chi connectivity index (χ1) is 12.5. The lowest BCUT2D eigenvalue weighted by atomic mass is 10.3. The number of aryl methyl sites for hydroxylation is 1. The second-order valence-electron chi connectivity index (χ2n) is 5.62. The van der Waals surface area contributed by atoms with E-state index in [1.165, 1.54) is 0 Å².